The SMILES string of the molecule is CCCCCCCCCCCCCCCC(=O)O.NCC(=O)OCC(O)CO.OB(O)O. The standard InChI is InChI=1S/C16H32O2.C5H11NO4.BH3O3/c1-2-3-4-5-6-7-8-9-10-11-12-13-14-15-16(17)18;6-1-5(9)10-3-4(8)2-7;2-1(3)4/h2-15H2,1H3,(H,17,18);4,7-8H,1-3,6H2;2-4H. The molecular formula is C21H46BNO9. The number of esters is 1. The van der Waals surface area contributed by atoms with E-state index in [4.69, 9.17) is 36.1 Å². The summed E-state index contributed by atoms with van der Waals surface area (Å²) in [7, 11) is -2.17. The predicted octanol–water partition coefficient (Wildman–Crippen LogP) is 1.34. The largest absolute Gasteiger partial charge is 0.631 e. The van der Waals surface area contributed by atoms with Crippen molar-refractivity contribution >= 4 is 19.3 Å². The van der Waals surface area contributed by atoms with Crippen LogP contribution in [-0.4, -0.2) is 75.5 Å². The lowest BCUT2D eigenvalue weighted by Crippen LogP contribution is -2.25. The minimum Gasteiger partial charge on any atom is -0.481 e. The Balaban J connectivity index is -0.000000502. The van der Waals surface area contributed by atoms with Crippen molar-refractivity contribution < 1.29 is 44.7 Å². The molecule has 0 saturated carbocycles. The molecule has 0 aromatic rings. The molecule has 0 aliphatic carbocycles. The fourth-order valence-electron chi connectivity index (χ4n) is 2.59. The number of nitrogens with two attached hydrogens (primary N) is 1. The maximum absolute atomic E-state index is 10.3. The van der Waals surface area contributed by atoms with Crippen LogP contribution in [0.5, 0.6) is 0 Å². The molecule has 11 heteroatoms. The number of aliphatic hydroxyl groups is 2. The molecule has 0 aliphatic heterocycles. The molecule has 0 rings (SSSR count). The smallest absolute Gasteiger partial charge is 0.481 e. The summed E-state index contributed by atoms with van der Waals surface area (Å²) >= 11 is 0. The minimum atomic E-state index is -2.17. The maximum atomic E-state index is 10.3. The topological polar surface area (TPSA) is 191 Å². The molecule has 0 spiro atoms. The van der Waals surface area contributed by atoms with Gasteiger partial charge in [0.2, 0.25) is 0 Å². The number of aliphatic hydroxyl groups excluding tert-OH is 2. The molecule has 0 heterocycles. The second-order valence-electron chi connectivity index (χ2n) is 7.46. The summed E-state index contributed by atoms with van der Waals surface area (Å²) in [6.07, 6.45) is 16.3. The molecule has 1 atom stereocenters. The van der Waals surface area contributed by atoms with E-state index < -0.39 is 32.0 Å². The third kappa shape index (κ3) is 42.8. The number of carbonyl (C=O) groups is 2. The van der Waals surface area contributed by atoms with E-state index in [1.807, 2.05) is 0 Å². The van der Waals surface area contributed by atoms with Crippen molar-refractivity contribution in [2.75, 3.05) is 19.8 Å². The van der Waals surface area contributed by atoms with Crippen LogP contribution >= 0.6 is 0 Å². The van der Waals surface area contributed by atoms with Gasteiger partial charge in [0.1, 0.15) is 12.7 Å². The fraction of sp³-hybridized carbons (Fsp3) is 0.905. The second-order valence-corrected chi connectivity index (χ2v) is 7.46. The lowest BCUT2D eigenvalue weighted by molar-refractivity contribution is -0.145. The molecule has 0 aromatic carbocycles. The van der Waals surface area contributed by atoms with Crippen molar-refractivity contribution in [2.24, 2.45) is 5.73 Å². The van der Waals surface area contributed by atoms with Gasteiger partial charge in [-0.25, -0.2) is 0 Å². The molecule has 0 amide bonds. The normalized spacial score (nSPS) is 10.8. The van der Waals surface area contributed by atoms with Crippen LogP contribution in [0, 0.1) is 0 Å². The van der Waals surface area contributed by atoms with E-state index in [1.165, 1.54) is 70.6 Å². The molecule has 0 bridgehead atoms. The highest BCUT2D eigenvalue weighted by Gasteiger charge is 2.04. The molecular weight excluding hydrogens is 421 g/mol. The Hall–Kier alpha value is -1.24. The number of carbonyl (C=O) groups excluding carboxylic acids is 1. The first-order chi connectivity index (χ1) is 15.2. The first-order valence-electron chi connectivity index (χ1n) is 11.6. The van der Waals surface area contributed by atoms with Gasteiger partial charge in [0.15, 0.2) is 0 Å². The van der Waals surface area contributed by atoms with Gasteiger partial charge in [-0.05, 0) is 6.42 Å². The monoisotopic (exact) mass is 467 g/mol. The van der Waals surface area contributed by atoms with Gasteiger partial charge in [0, 0.05) is 6.42 Å². The number of aliphatic carboxylic acids is 1. The molecule has 0 radical (unpaired) electrons. The number of hydrogen-bond acceptors (Lipinski definition) is 9. The van der Waals surface area contributed by atoms with E-state index >= 15 is 0 Å². The lowest BCUT2D eigenvalue weighted by Gasteiger charge is -2.06. The average molecular weight is 467 g/mol. The maximum Gasteiger partial charge on any atom is 0.631 e. The number of rotatable bonds is 18. The highest BCUT2D eigenvalue weighted by molar-refractivity contribution is 6.30. The van der Waals surface area contributed by atoms with Crippen LogP contribution < -0.4 is 5.73 Å². The average Bonchev–Trinajstić information content (AvgIpc) is 2.74. The van der Waals surface area contributed by atoms with Crippen molar-refractivity contribution in [3.05, 3.63) is 0 Å². The quantitative estimate of drug-likeness (QED) is 0.0879. The number of carboxylic acids is 1. The van der Waals surface area contributed by atoms with Crippen molar-refractivity contribution in [1.29, 1.82) is 0 Å². The van der Waals surface area contributed by atoms with Crippen molar-refractivity contribution in [1.82, 2.24) is 0 Å². The third-order valence-electron chi connectivity index (χ3n) is 4.31. The van der Waals surface area contributed by atoms with Crippen LogP contribution in [0.2, 0.25) is 0 Å². The van der Waals surface area contributed by atoms with Crippen molar-refractivity contribution in [3.8, 4) is 0 Å². The third-order valence-corrected chi connectivity index (χ3v) is 4.31. The van der Waals surface area contributed by atoms with Gasteiger partial charge >= 0.3 is 19.3 Å². The number of hydrogen-bond donors (Lipinski definition) is 7. The highest BCUT2D eigenvalue weighted by Crippen LogP contribution is 2.12. The van der Waals surface area contributed by atoms with Crippen LogP contribution in [0.15, 0.2) is 0 Å². The summed E-state index contributed by atoms with van der Waals surface area (Å²) in [4.78, 5) is 20.6. The highest BCUT2D eigenvalue weighted by atomic mass is 16.5. The van der Waals surface area contributed by atoms with E-state index in [1.54, 1.807) is 0 Å². The van der Waals surface area contributed by atoms with Gasteiger partial charge in [0.25, 0.3) is 0 Å². The predicted molar refractivity (Wildman–Crippen MR) is 123 cm³/mol. The Bertz CT molecular complexity index is 399. The van der Waals surface area contributed by atoms with Crippen LogP contribution in [0.25, 0.3) is 0 Å². The summed E-state index contributed by atoms with van der Waals surface area (Å²) in [6, 6.07) is 0. The van der Waals surface area contributed by atoms with Crippen molar-refractivity contribution in [3.63, 3.8) is 0 Å². The molecule has 1 unspecified atom stereocenters. The number of ether oxygens (including phenoxy) is 1. The molecule has 0 fully saturated rings. The first-order valence-corrected chi connectivity index (χ1v) is 11.6. The molecule has 0 aromatic heterocycles. The van der Waals surface area contributed by atoms with E-state index in [-0.39, 0.29) is 13.2 Å². The van der Waals surface area contributed by atoms with Gasteiger partial charge in [-0.3, -0.25) is 9.59 Å². The number of unbranched alkanes of at least 4 members (excludes halogenated alkanes) is 12. The molecule has 8 N–H and O–H groups in total. The zero-order valence-electron chi connectivity index (χ0n) is 19.7. The molecule has 0 aliphatic rings. The van der Waals surface area contributed by atoms with Crippen LogP contribution in [0.1, 0.15) is 96.8 Å². The van der Waals surface area contributed by atoms with Crippen LogP contribution in [0.4, 0.5) is 0 Å². The zero-order valence-corrected chi connectivity index (χ0v) is 19.7. The van der Waals surface area contributed by atoms with E-state index in [0.29, 0.717) is 6.42 Å². The summed E-state index contributed by atoms with van der Waals surface area (Å²) in [5.74, 6) is -1.24. The van der Waals surface area contributed by atoms with Gasteiger partial charge in [-0.1, -0.05) is 84.0 Å². The Labute approximate surface area is 193 Å². The summed E-state index contributed by atoms with van der Waals surface area (Å²) < 4.78 is 4.37. The number of carboxylic acid groups (broad SMARTS) is 1. The van der Waals surface area contributed by atoms with E-state index in [0.717, 1.165) is 12.8 Å². The van der Waals surface area contributed by atoms with Crippen LogP contribution in [-0.2, 0) is 14.3 Å². The van der Waals surface area contributed by atoms with Crippen molar-refractivity contribution in [2.45, 2.75) is 103 Å². The van der Waals surface area contributed by atoms with Gasteiger partial charge in [0.05, 0.1) is 13.2 Å². The fourth-order valence-corrected chi connectivity index (χ4v) is 2.59. The summed E-state index contributed by atoms with van der Waals surface area (Å²) in [6.45, 7) is 1.43. The molecule has 10 nitrogen and oxygen atoms in total. The summed E-state index contributed by atoms with van der Waals surface area (Å²) in [5.41, 5.74) is 4.88. The lowest BCUT2D eigenvalue weighted by atomic mass is 10.0. The minimum absolute atomic E-state index is 0.202. The Morgan fingerprint density at radius 3 is 1.53 bits per heavy atom. The Morgan fingerprint density at radius 2 is 1.22 bits per heavy atom. The van der Waals surface area contributed by atoms with Gasteiger partial charge in [-0.15, -0.1) is 0 Å². The Morgan fingerprint density at radius 1 is 0.844 bits per heavy atom. The van der Waals surface area contributed by atoms with E-state index in [2.05, 4.69) is 11.7 Å². The van der Waals surface area contributed by atoms with Gasteiger partial charge < -0.3 is 40.9 Å². The van der Waals surface area contributed by atoms with Crippen LogP contribution in [0.3, 0.4) is 0 Å². The first kappa shape index (κ1) is 35.4. The molecule has 32 heavy (non-hydrogen) atoms. The van der Waals surface area contributed by atoms with Gasteiger partial charge in [-0.2, -0.15) is 0 Å². The molecule has 192 valence electrons. The zero-order chi connectivity index (χ0) is 25.0. The second kappa shape index (κ2) is 29.8. The molecule has 0 saturated heterocycles. The summed E-state index contributed by atoms with van der Waals surface area (Å²) in [5, 5.41) is 46.9. The van der Waals surface area contributed by atoms with E-state index in [9.17, 15) is 9.59 Å². The Kier molecular flexibility index (Phi) is 32.9.